The lowest BCUT2D eigenvalue weighted by molar-refractivity contribution is 0.0693. The number of amides is 1. The average molecular weight is 401 g/mol. The van der Waals surface area contributed by atoms with Gasteiger partial charge in [0.05, 0.1) is 10.5 Å². The minimum atomic E-state index is -3.85. The predicted molar refractivity (Wildman–Crippen MR) is 92.5 cm³/mol. The monoisotopic (exact) mass is 400 g/mol. The van der Waals surface area contributed by atoms with Gasteiger partial charge >= 0.3 is 0 Å². The number of nitrogens with zero attached hydrogens (tertiary/aromatic N) is 2. The zero-order valence-corrected chi connectivity index (χ0v) is 15.1. The van der Waals surface area contributed by atoms with Gasteiger partial charge in [-0.15, -0.1) is 0 Å². The third-order valence-corrected chi connectivity index (χ3v) is 6.25. The average Bonchev–Trinajstić information content (AvgIpc) is 2.63. The Morgan fingerprint density at radius 2 is 1.69 bits per heavy atom. The molecule has 0 spiro atoms. The van der Waals surface area contributed by atoms with Crippen LogP contribution in [0.2, 0.25) is 5.02 Å². The molecule has 0 unspecified atom stereocenters. The van der Waals surface area contributed by atoms with E-state index in [2.05, 4.69) is 0 Å². The second kappa shape index (κ2) is 7.30. The second-order valence-corrected chi connectivity index (χ2v) is 8.15. The summed E-state index contributed by atoms with van der Waals surface area (Å²) in [4.78, 5) is 13.7. The van der Waals surface area contributed by atoms with Gasteiger partial charge in [-0.2, -0.15) is 4.31 Å². The van der Waals surface area contributed by atoms with E-state index in [0.29, 0.717) is 0 Å². The summed E-state index contributed by atoms with van der Waals surface area (Å²) in [5.74, 6) is -1.88. The van der Waals surface area contributed by atoms with Crippen LogP contribution in [0.4, 0.5) is 8.78 Å². The summed E-state index contributed by atoms with van der Waals surface area (Å²) in [5.41, 5.74) is -0.154. The molecule has 1 saturated heterocycles. The number of carbonyl (C=O) groups excluding carboxylic acids is 1. The molecule has 0 bridgehead atoms. The Bertz CT molecular complexity index is 945. The summed E-state index contributed by atoms with van der Waals surface area (Å²) in [6.45, 7) is 0.262. The maximum Gasteiger partial charge on any atom is 0.256 e. The van der Waals surface area contributed by atoms with Gasteiger partial charge in [0.1, 0.15) is 11.6 Å². The zero-order valence-electron chi connectivity index (χ0n) is 13.5. The molecule has 5 nitrogen and oxygen atoms in total. The van der Waals surface area contributed by atoms with Crippen molar-refractivity contribution in [1.29, 1.82) is 0 Å². The van der Waals surface area contributed by atoms with E-state index in [4.69, 9.17) is 11.6 Å². The number of sulfonamides is 1. The van der Waals surface area contributed by atoms with E-state index in [-0.39, 0.29) is 41.7 Å². The molecule has 3 rings (SSSR count). The van der Waals surface area contributed by atoms with Gasteiger partial charge in [0.2, 0.25) is 10.0 Å². The Balaban J connectivity index is 1.73. The number of rotatable bonds is 3. The number of hydrogen-bond acceptors (Lipinski definition) is 3. The molecule has 0 aliphatic carbocycles. The van der Waals surface area contributed by atoms with Gasteiger partial charge in [0, 0.05) is 31.2 Å². The molecule has 1 amide bonds. The van der Waals surface area contributed by atoms with Crippen LogP contribution >= 0.6 is 11.6 Å². The molecule has 0 radical (unpaired) electrons. The van der Waals surface area contributed by atoms with E-state index in [9.17, 15) is 22.0 Å². The van der Waals surface area contributed by atoms with Crippen LogP contribution in [0.3, 0.4) is 0 Å². The van der Waals surface area contributed by atoms with E-state index in [1.165, 1.54) is 33.5 Å². The van der Waals surface area contributed by atoms with Crippen LogP contribution in [0.25, 0.3) is 0 Å². The summed E-state index contributed by atoms with van der Waals surface area (Å²) in [5, 5.41) is 0.238. The molecular formula is C17H15ClF2N2O3S. The quantitative estimate of drug-likeness (QED) is 0.796. The molecular weight excluding hydrogens is 386 g/mol. The maximum atomic E-state index is 13.9. The fraction of sp³-hybridized carbons (Fsp3) is 0.235. The van der Waals surface area contributed by atoms with Crippen LogP contribution in [0.5, 0.6) is 0 Å². The molecule has 0 aromatic heterocycles. The molecule has 1 fully saturated rings. The lowest BCUT2D eigenvalue weighted by atomic mass is 10.1. The fourth-order valence-corrected chi connectivity index (χ4v) is 4.37. The van der Waals surface area contributed by atoms with E-state index in [0.717, 1.165) is 18.2 Å². The first-order valence-corrected chi connectivity index (χ1v) is 9.61. The van der Waals surface area contributed by atoms with Crippen LogP contribution in [-0.4, -0.2) is 49.7 Å². The topological polar surface area (TPSA) is 57.7 Å². The molecule has 2 aromatic rings. The molecule has 0 N–H and O–H groups in total. The Morgan fingerprint density at radius 3 is 2.35 bits per heavy atom. The summed E-state index contributed by atoms with van der Waals surface area (Å²) in [6.07, 6.45) is 0. The van der Waals surface area contributed by atoms with E-state index < -0.39 is 27.6 Å². The molecule has 1 heterocycles. The molecule has 1 aliphatic rings. The lowest BCUT2D eigenvalue weighted by Gasteiger charge is -2.34. The Labute approximate surface area is 154 Å². The third-order valence-electron chi connectivity index (χ3n) is 4.12. The van der Waals surface area contributed by atoms with Crippen molar-refractivity contribution in [2.45, 2.75) is 4.90 Å². The first kappa shape index (κ1) is 18.8. The van der Waals surface area contributed by atoms with Crippen LogP contribution < -0.4 is 0 Å². The summed E-state index contributed by atoms with van der Waals surface area (Å²) in [7, 11) is -3.85. The van der Waals surface area contributed by atoms with E-state index in [1.807, 2.05) is 0 Å². The van der Waals surface area contributed by atoms with Crippen molar-refractivity contribution < 1.29 is 22.0 Å². The van der Waals surface area contributed by atoms with Crippen molar-refractivity contribution in [3.8, 4) is 0 Å². The molecule has 1 aliphatic heterocycles. The van der Waals surface area contributed by atoms with Crippen LogP contribution in [0.15, 0.2) is 47.4 Å². The standard InChI is InChI=1S/C17H15ClF2N2O3S/c18-12-4-5-16(20)15(10-12)17(23)21-6-8-22(9-7-21)26(24,25)14-3-1-2-13(19)11-14/h1-5,10-11H,6-9H2. The molecule has 26 heavy (non-hydrogen) atoms. The highest BCUT2D eigenvalue weighted by Gasteiger charge is 2.31. The number of hydrogen-bond donors (Lipinski definition) is 0. The van der Waals surface area contributed by atoms with Crippen molar-refractivity contribution in [3.05, 3.63) is 64.7 Å². The van der Waals surface area contributed by atoms with Crippen molar-refractivity contribution in [2.24, 2.45) is 0 Å². The predicted octanol–water partition coefficient (Wildman–Crippen LogP) is 2.76. The van der Waals surface area contributed by atoms with E-state index in [1.54, 1.807) is 0 Å². The fourth-order valence-electron chi connectivity index (χ4n) is 2.74. The minimum Gasteiger partial charge on any atom is -0.336 e. The Morgan fingerprint density at radius 1 is 1.00 bits per heavy atom. The normalized spacial score (nSPS) is 15.9. The first-order chi connectivity index (χ1) is 12.3. The van der Waals surface area contributed by atoms with Gasteiger partial charge in [-0.1, -0.05) is 17.7 Å². The highest BCUT2D eigenvalue weighted by Crippen LogP contribution is 2.21. The molecule has 0 saturated carbocycles. The first-order valence-electron chi connectivity index (χ1n) is 7.79. The highest BCUT2D eigenvalue weighted by atomic mass is 35.5. The lowest BCUT2D eigenvalue weighted by Crippen LogP contribution is -2.50. The second-order valence-electron chi connectivity index (χ2n) is 5.78. The maximum absolute atomic E-state index is 13.9. The third kappa shape index (κ3) is 3.72. The van der Waals surface area contributed by atoms with Crippen molar-refractivity contribution >= 4 is 27.5 Å². The number of halogens is 3. The number of benzene rings is 2. The van der Waals surface area contributed by atoms with Crippen LogP contribution in [0, 0.1) is 11.6 Å². The summed E-state index contributed by atoms with van der Waals surface area (Å²) >= 11 is 5.81. The van der Waals surface area contributed by atoms with Crippen LogP contribution in [-0.2, 0) is 10.0 Å². The highest BCUT2D eigenvalue weighted by molar-refractivity contribution is 7.89. The van der Waals surface area contributed by atoms with Gasteiger partial charge in [0.15, 0.2) is 0 Å². The van der Waals surface area contributed by atoms with Gasteiger partial charge in [-0.05, 0) is 36.4 Å². The van der Waals surface area contributed by atoms with Gasteiger partial charge in [-0.3, -0.25) is 4.79 Å². The zero-order chi connectivity index (χ0) is 18.9. The molecule has 9 heteroatoms. The number of carbonyl (C=O) groups is 1. The van der Waals surface area contributed by atoms with Crippen molar-refractivity contribution in [1.82, 2.24) is 9.21 Å². The van der Waals surface area contributed by atoms with Crippen molar-refractivity contribution in [2.75, 3.05) is 26.2 Å². The van der Waals surface area contributed by atoms with Gasteiger partial charge in [-0.25, -0.2) is 17.2 Å². The SMILES string of the molecule is O=C(c1cc(Cl)ccc1F)N1CCN(S(=O)(=O)c2cccc(F)c2)CC1. The summed E-state index contributed by atoms with van der Waals surface area (Å²) < 4.78 is 53.5. The summed E-state index contributed by atoms with van der Waals surface area (Å²) in [6, 6.07) is 8.46. The Hall–Kier alpha value is -2.03. The van der Waals surface area contributed by atoms with Crippen LogP contribution in [0.1, 0.15) is 10.4 Å². The molecule has 138 valence electrons. The Kier molecular flexibility index (Phi) is 5.27. The largest absolute Gasteiger partial charge is 0.336 e. The van der Waals surface area contributed by atoms with E-state index >= 15 is 0 Å². The smallest absolute Gasteiger partial charge is 0.256 e. The van der Waals surface area contributed by atoms with Gasteiger partial charge in [0.25, 0.3) is 5.91 Å². The molecule has 0 atom stereocenters. The number of piperazine rings is 1. The van der Waals surface area contributed by atoms with Gasteiger partial charge < -0.3 is 4.90 Å². The van der Waals surface area contributed by atoms with Crippen molar-refractivity contribution in [3.63, 3.8) is 0 Å². The minimum absolute atomic E-state index is 0.0345. The molecule has 2 aromatic carbocycles.